The molecule has 1 aromatic rings. The number of rotatable bonds is 6. The molecule has 194 valence electrons. The molecule has 6 unspecified atom stereocenters. The van der Waals surface area contributed by atoms with Crippen LogP contribution in [0.3, 0.4) is 0 Å². The van der Waals surface area contributed by atoms with Crippen LogP contribution < -0.4 is 0 Å². The molecule has 4 bridgehead atoms. The van der Waals surface area contributed by atoms with Crippen molar-refractivity contribution in [3.63, 3.8) is 0 Å². The van der Waals surface area contributed by atoms with Gasteiger partial charge in [0.15, 0.2) is 8.32 Å². The highest BCUT2D eigenvalue weighted by molar-refractivity contribution is 14.1. The third-order valence-corrected chi connectivity index (χ3v) is 13.2. The number of halogens is 1. The molecule has 1 heterocycles. The summed E-state index contributed by atoms with van der Waals surface area (Å²) < 4.78 is 54.4. The maximum absolute atomic E-state index is 13.6. The van der Waals surface area contributed by atoms with Gasteiger partial charge in [-0.25, -0.2) is 0 Å². The van der Waals surface area contributed by atoms with Gasteiger partial charge in [0.2, 0.25) is 5.79 Å². The molecule has 5 aliphatic rings. The summed E-state index contributed by atoms with van der Waals surface area (Å²) in [4.78, 5) is 0.151. The zero-order chi connectivity index (χ0) is 25.8. The third kappa shape index (κ3) is 3.05. The van der Waals surface area contributed by atoms with Gasteiger partial charge in [0.1, 0.15) is 16.8 Å². The summed E-state index contributed by atoms with van der Waals surface area (Å²) in [5.41, 5.74) is -0.645. The number of hydrogen-bond acceptors (Lipinski definition) is 6. The van der Waals surface area contributed by atoms with Gasteiger partial charge in [-0.05, 0) is 92.9 Å². The van der Waals surface area contributed by atoms with Crippen LogP contribution in [-0.4, -0.2) is 42.3 Å². The molecule has 0 aromatic heterocycles. The van der Waals surface area contributed by atoms with Crippen molar-refractivity contribution >= 4 is 41.0 Å². The lowest BCUT2D eigenvalue weighted by molar-refractivity contribution is -0.336. The van der Waals surface area contributed by atoms with E-state index in [0.29, 0.717) is 12.4 Å². The molecule has 0 radical (unpaired) electrons. The second-order valence-corrected chi connectivity index (χ2v) is 19.4. The van der Waals surface area contributed by atoms with Gasteiger partial charge in [0, 0.05) is 21.5 Å². The average molecular weight is 633 g/mol. The molecule has 1 saturated heterocycles. The van der Waals surface area contributed by atoms with E-state index in [0.717, 1.165) is 22.0 Å². The lowest BCUT2D eigenvalue weighted by Crippen LogP contribution is -2.76. The summed E-state index contributed by atoms with van der Waals surface area (Å²) >= 11 is 2.37. The quantitative estimate of drug-likeness (QED) is 0.217. The molecule has 1 aromatic carbocycles. The first-order chi connectivity index (χ1) is 16.1. The average Bonchev–Trinajstić information content (AvgIpc) is 3.21. The number of benzene rings is 1. The molecule has 4 aliphatic carbocycles. The van der Waals surface area contributed by atoms with Crippen molar-refractivity contribution < 1.29 is 26.5 Å². The molecule has 3 fully saturated rings. The van der Waals surface area contributed by atoms with Crippen LogP contribution in [0.4, 0.5) is 0 Å². The van der Waals surface area contributed by atoms with E-state index in [-0.39, 0.29) is 28.3 Å². The Morgan fingerprint density at radius 3 is 2.31 bits per heavy atom. The molecule has 0 N–H and O–H groups in total. The fourth-order valence-corrected chi connectivity index (χ4v) is 11.9. The van der Waals surface area contributed by atoms with Gasteiger partial charge in [0.05, 0.1) is 12.0 Å². The van der Waals surface area contributed by atoms with Gasteiger partial charge in [-0.3, -0.25) is 0 Å². The van der Waals surface area contributed by atoms with Gasteiger partial charge >= 0.3 is 10.1 Å². The van der Waals surface area contributed by atoms with E-state index in [1.54, 1.807) is 31.4 Å². The summed E-state index contributed by atoms with van der Waals surface area (Å²) in [5.74, 6) is -0.115. The Morgan fingerprint density at radius 2 is 1.74 bits per heavy atom. The Labute approximate surface area is 224 Å². The molecule has 6 rings (SSSR count). The van der Waals surface area contributed by atoms with Crippen LogP contribution in [0.25, 0.3) is 0 Å². The molecule has 7 atom stereocenters. The normalized spacial score (nSPS) is 42.5. The van der Waals surface area contributed by atoms with E-state index in [2.05, 4.69) is 63.0 Å². The lowest BCUT2D eigenvalue weighted by Gasteiger charge is -2.69. The number of hydrogen-bond donors (Lipinski definition) is 0. The first-order valence-corrected chi connectivity index (χ1v) is 18.3. The van der Waals surface area contributed by atoms with Gasteiger partial charge < -0.3 is 18.1 Å². The van der Waals surface area contributed by atoms with Gasteiger partial charge in [0.25, 0.3) is 0 Å². The largest absolute Gasteiger partial charge is 0.408 e. The molecular weight excluding hydrogens is 595 g/mol. The zero-order valence-electron chi connectivity index (χ0n) is 21.9. The minimum absolute atomic E-state index is 0.151. The van der Waals surface area contributed by atoms with E-state index in [4.69, 9.17) is 18.1 Å². The monoisotopic (exact) mass is 632 g/mol. The summed E-state index contributed by atoms with van der Waals surface area (Å²) in [6, 6.07) is 6.80. The van der Waals surface area contributed by atoms with Crippen LogP contribution in [0.2, 0.25) is 19.6 Å². The topological polar surface area (TPSA) is 71.1 Å². The molecule has 0 amide bonds. The van der Waals surface area contributed by atoms with E-state index in [1.165, 1.54) is 0 Å². The smallest absolute Gasteiger partial charge is 0.338 e. The van der Waals surface area contributed by atoms with Crippen molar-refractivity contribution in [1.29, 1.82) is 0 Å². The first kappa shape index (κ1) is 26.2. The van der Waals surface area contributed by atoms with Crippen LogP contribution in [0.1, 0.15) is 39.2 Å². The van der Waals surface area contributed by atoms with Crippen molar-refractivity contribution in [2.24, 2.45) is 28.1 Å². The predicted molar refractivity (Wildman–Crippen MR) is 145 cm³/mol. The first-order valence-electron chi connectivity index (χ1n) is 12.4. The van der Waals surface area contributed by atoms with Crippen LogP contribution in [0.15, 0.2) is 38.5 Å². The van der Waals surface area contributed by atoms with E-state index in [9.17, 15) is 8.42 Å². The van der Waals surface area contributed by atoms with Gasteiger partial charge in [-0.1, -0.05) is 31.5 Å². The number of ether oxygens (including phenoxy) is 2. The van der Waals surface area contributed by atoms with Crippen molar-refractivity contribution in [2.75, 3.05) is 13.7 Å². The second-order valence-electron chi connectivity index (χ2n) is 12.3. The third-order valence-electron chi connectivity index (χ3n) is 9.57. The Balaban J connectivity index is 1.78. The van der Waals surface area contributed by atoms with Crippen LogP contribution in [-0.2, 0) is 28.2 Å². The number of aryl methyl sites for hydroxylation is 1. The lowest BCUT2D eigenvalue weighted by atomic mass is 9.39. The summed E-state index contributed by atoms with van der Waals surface area (Å²) in [6.07, 6.45) is 1.76. The van der Waals surface area contributed by atoms with Crippen molar-refractivity contribution in [3.8, 4) is 0 Å². The van der Waals surface area contributed by atoms with Crippen molar-refractivity contribution in [2.45, 2.75) is 77.0 Å². The standard InChI is InChI=1S/C26H37IO6SSi/c1-16-9-12-18(13-10-16)34(28,29)32-21-20(27)25-17(2)11-14-19(25)23(3)15-31-26(30-5,24(21,23)4)22(25)33-35(6,7)8/h9-10,12-13,17,19,22H,11,14-15H2,1-8H3/t17-,19?,22?,23?,24?,25?,26?/m1/s1. The second kappa shape index (κ2) is 7.78. The van der Waals surface area contributed by atoms with Gasteiger partial charge in [-0.2, -0.15) is 8.42 Å². The summed E-state index contributed by atoms with van der Waals surface area (Å²) in [6.45, 7) is 15.6. The molecule has 6 nitrogen and oxygen atoms in total. The molecule has 35 heavy (non-hydrogen) atoms. The Morgan fingerprint density at radius 1 is 1.11 bits per heavy atom. The Bertz CT molecular complexity index is 1190. The predicted octanol–water partition coefficient (Wildman–Crippen LogP) is 6.01. The highest BCUT2D eigenvalue weighted by Crippen LogP contribution is 2.83. The molecular formula is C26H37IO6SSi. The zero-order valence-corrected chi connectivity index (χ0v) is 25.9. The fraction of sp³-hybridized carbons (Fsp3) is 0.692. The van der Waals surface area contributed by atoms with Crippen LogP contribution >= 0.6 is 22.6 Å². The molecule has 9 heteroatoms. The Hall–Kier alpha value is -0.463. The van der Waals surface area contributed by atoms with Crippen LogP contribution in [0, 0.1) is 35.0 Å². The minimum Gasteiger partial charge on any atom is -0.408 e. The highest BCUT2D eigenvalue weighted by Gasteiger charge is 2.88. The minimum atomic E-state index is -4.06. The van der Waals surface area contributed by atoms with Crippen molar-refractivity contribution in [3.05, 3.63) is 39.2 Å². The molecule has 1 aliphatic heterocycles. The van der Waals surface area contributed by atoms with Crippen LogP contribution in [0.5, 0.6) is 0 Å². The Kier molecular flexibility index (Phi) is 5.82. The fourth-order valence-electron chi connectivity index (χ4n) is 7.77. The van der Waals surface area contributed by atoms with Crippen molar-refractivity contribution in [1.82, 2.24) is 0 Å². The van der Waals surface area contributed by atoms with E-state index < -0.39 is 35.1 Å². The summed E-state index contributed by atoms with van der Waals surface area (Å²) in [7, 11) is -4.43. The number of methoxy groups -OCH3 is 1. The highest BCUT2D eigenvalue weighted by atomic mass is 127. The molecule has 2 saturated carbocycles. The summed E-state index contributed by atoms with van der Waals surface area (Å²) in [5, 5.41) is 0. The van der Waals surface area contributed by atoms with E-state index >= 15 is 0 Å². The SMILES string of the molecule is COC12OCC3(C)C4CC[C@@H](C)C4(C(I)=C(OS(=O)(=O)c4ccc(C)cc4)C31C)C2O[Si](C)(C)C. The molecule has 1 spiro atoms. The van der Waals surface area contributed by atoms with Gasteiger partial charge in [-0.15, -0.1) is 0 Å². The maximum atomic E-state index is 13.6. The van der Waals surface area contributed by atoms with E-state index in [1.807, 2.05) is 6.92 Å². The maximum Gasteiger partial charge on any atom is 0.338 e.